The van der Waals surface area contributed by atoms with E-state index in [4.69, 9.17) is 16.4 Å². The van der Waals surface area contributed by atoms with Crippen molar-refractivity contribution >= 4 is 34.8 Å². The Morgan fingerprint density at radius 1 is 0.824 bits per heavy atom. The number of hydrogen-bond acceptors (Lipinski definition) is 5. The Kier molecular flexibility index (Phi) is 5.45. The maximum Gasteiger partial charge on any atom is 0.573 e. The first kappa shape index (κ1) is 22.2. The normalized spacial score (nSPS) is 22.3. The van der Waals surface area contributed by atoms with Crippen LogP contribution in [0.2, 0.25) is 5.02 Å². The van der Waals surface area contributed by atoms with E-state index in [1.807, 2.05) is 0 Å². The lowest BCUT2D eigenvalue weighted by Gasteiger charge is -2.28. The Bertz CT molecular complexity index is 1220. The molecule has 6 nitrogen and oxygen atoms in total. The van der Waals surface area contributed by atoms with E-state index < -0.39 is 42.0 Å². The molecule has 0 aromatic heterocycles. The fraction of sp³-hybridized carbons (Fsp3) is 0.167. The molecule has 0 bridgehead atoms. The first-order valence-electron chi connectivity index (χ1n) is 10.2. The van der Waals surface area contributed by atoms with Crippen LogP contribution in [0.1, 0.15) is 11.6 Å². The van der Waals surface area contributed by atoms with Crippen LogP contribution >= 0.6 is 11.6 Å². The number of hydroxylamine groups is 1. The minimum atomic E-state index is -4.83. The highest BCUT2D eigenvalue weighted by atomic mass is 35.5. The van der Waals surface area contributed by atoms with Crippen molar-refractivity contribution in [1.82, 2.24) is 0 Å². The molecule has 2 saturated heterocycles. The third kappa shape index (κ3) is 3.97. The zero-order chi connectivity index (χ0) is 24.0. The van der Waals surface area contributed by atoms with Gasteiger partial charge in [0.15, 0.2) is 6.10 Å². The summed E-state index contributed by atoms with van der Waals surface area (Å²) in [6, 6.07) is 19.5. The molecular weight excluding hydrogens is 473 g/mol. The summed E-state index contributed by atoms with van der Waals surface area (Å²) in [7, 11) is 0. The Hall–Kier alpha value is -3.56. The van der Waals surface area contributed by atoms with Gasteiger partial charge in [-0.3, -0.25) is 14.4 Å². The number of alkyl halides is 3. The van der Waals surface area contributed by atoms with Crippen LogP contribution in [0, 0.1) is 5.92 Å². The van der Waals surface area contributed by atoms with Gasteiger partial charge in [-0.05, 0) is 54.1 Å². The molecule has 10 heteroatoms. The summed E-state index contributed by atoms with van der Waals surface area (Å²) in [6.45, 7) is 0. The molecule has 0 aliphatic carbocycles. The van der Waals surface area contributed by atoms with Gasteiger partial charge in [0.25, 0.3) is 5.91 Å². The summed E-state index contributed by atoms with van der Waals surface area (Å²) in [6.07, 6.45) is -5.93. The molecule has 0 spiro atoms. The number of ether oxygens (including phenoxy) is 1. The van der Waals surface area contributed by atoms with Gasteiger partial charge in [-0.15, -0.1) is 13.2 Å². The van der Waals surface area contributed by atoms with Crippen LogP contribution in [-0.2, 0) is 14.4 Å². The highest BCUT2D eigenvalue weighted by Gasteiger charge is 2.60. The molecule has 5 rings (SSSR count). The third-order valence-electron chi connectivity index (χ3n) is 5.67. The number of para-hydroxylation sites is 1. The van der Waals surface area contributed by atoms with Crippen molar-refractivity contribution in [2.45, 2.75) is 18.5 Å². The van der Waals surface area contributed by atoms with Gasteiger partial charge in [0, 0.05) is 5.02 Å². The van der Waals surface area contributed by atoms with Gasteiger partial charge < -0.3 is 4.74 Å². The van der Waals surface area contributed by atoms with Crippen LogP contribution in [0.25, 0.3) is 0 Å². The maximum atomic E-state index is 13.5. The molecule has 2 fully saturated rings. The van der Waals surface area contributed by atoms with Gasteiger partial charge in [-0.25, -0.2) is 9.96 Å². The minimum absolute atomic E-state index is 0.358. The summed E-state index contributed by atoms with van der Waals surface area (Å²) < 4.78 is 41.7. The van der Waals surface area contributed by atoms with Gasteiger partial charge in [0.1, 0.15) is 11.7 Å². The number of halogens is 4. The highest BCUT2D eigenvalue weighted by Crippen LogP contribution is 2.47. The van der Waals surface area contributed by atoms with E-state index in [1.54, 1.807) is 54.6 Å². The van der Waals surface area contributed by atoms with Crippen molar-refractivity contribution in [2.24, 2.45) is 5.92 Å². The molecule has 0 N–H and O–H groups in total. The average Bonchev–Trinajstić information content (AvgIpc) is 3.31. The zero-order valence-corrected chi connectivity index (χ0v) is 18.0. The van der Waals surface area contributed by atoms with Gasteiger partial charge in [0.05, 0.1) is 17.4 Å². The lowest BCUT2D eigenvalue weighted by molar-refractivity contribution is -0.274. The summed E-state index contributed by atoms with van der Waals surface area (Å²) >= 11 is 5.93. The fourth-order valence-electron chi connectivity index (χ4n) is 4.26. The van der Waals surface area contributed by atoms with E-state index in [0.717, 1.165) is 17.0 Å². The topological polar surface area (TPSA) is 59.1 Å². The Labute approximate surface area is 197 Å². The van der Waals surface area contributed by atoms with Gasteiger partial charge in [-0.2, -0.15) is 0 Å². The molecule has 3 aromatic carbocycles. The van der Waals surface area contributed by atoms with Crippen LogP contribution in [0.3, 0.4) is 0 Å². The van der Waals surface area contributed by atoms with E-state index >= 15 is 0 Å². The van der Waals surface area contributed by atoms with Crippen LogP contribution in [0.15, 0.2) is 78.9 Å². The minimum Gasteiger partial charge on any atom is -0.406 e. The average molecular weight is 489 g/mol. The smallest absolute Gasteiger partial charge is 0.406 e. The number of fused-ring (bicyclic) bond motifs is 1. The highest BCUT2D eigenvalue weighted by molar-refractivity contribution is 6.31. The molecule has 174 valence electrons. The largest absolute Gasteiger partial charge is 0.573 e. The van der Waals surface area contributed by atoms with Crippen molar-refractivity contribution in [3.05, 3.63) is 89.4 Å². The number of hydrogen-bond donors (Lipinski definition) is 0. The molecule has 2 amide bonds. The summed E-state index contributed by atoms with van der Waals surface area (Å²) in [5.74, 6) is -2.32. The van der Waals surface area contributed by atoms with E-state index in [2.05, 4.69) is 4.74 Å². The second-order valence-corrected chi connectivity index (χ2v) is 8.20. The fourth-order valence-corrected chi connectivity index (χ4v) is 4.39. The predicted molar refractivity (Wildman–Crippen MR) is 117 cm³/mol. The number of nitrogens with zero attached hydrogens (tertiary/aromatic N) is 2. The molecule has 2 heterocycles. The summed E-state index contributed by atoms with van der Waals surface area (Å²) in [5.41, 5.74) is 1.44. The predicted octanol–water partition coefficient (Wildman–Crippen LogP) is 5.29. The number of imide groups is 1. The van der Waals surface area contributed by atoms with Crippen molar-refractivity contribution in [1.29, 1.82) is 0 Å². The van der Waals surface area contributed by atoms with E-state index in [1.165, 1.54) is 17.2 Å². The molecule has 3 atom stereocenters. The SMILES string of the molecule is O=C1[C@@H]2[C@@H](ON(c3ccccc3)[C@H]2c2ccc(OC(F)(F)F)cc2)C(=O)N1c1ccc(Cl)cc1. The lowest BCUT2D eigenvalue weighted by Crippen LogP contribution is -2.37. The van der Waals surface area contributed by atoms with Gasteiger partial charge in [-0.1, -0.05) is 41.9 Å². The molecular formula is C24H16ClF3N2O4. The third-order valence-corrected chi connectivity index (χ3v) is 5.92. The number of rotatable bonds is 4. The maximum absolute atomic E-state index is 13.5. The summed E-state index contributed by atoms with van der Waals surface area (Å²) in [5, 5.41) is 1.91. The van der Waals surface area contributed by atoms with E-state index in [-0.39, 0.29) is 0 Å². The molecule has 2 aliphatic heterocycles. The van der Waals surface area contributed by atoms with Crippen molar-refractivity contribution in [2.75, 3.05) is 9.96 Å². The van der Waals surface area contributed by atoms with E-state index in [0.29, 0.717) is 22.0 Å². The van der Waals surface area contributed by atoms with E-state index in [9.17, 15) is 22.8 Å². The molecule has 0 saturated carbocycles. The second-order valence-electron chi connectivity index (χ2n) is 7.76. The van der Waals surface area contributed by atoms with Crippen molar-refractivity contribution in [3.63, 3.8) is 0 Å². The molecule has 3 aromatic rings. The first-order chi connectivity index (χ1) is 16.2. The first-order valence-corrected chi connectivity index (χ1v) is 10.6. The van der Waals surface area contributed by atoms with Crippen LogP contribution in [-0.4, -0.2) is 24.3 Å². The van der Waals surface area contributed by atoms with Crippen LogP contribution < -0.4 is 14.7 Å². The van der Waals surface area contributed by atoms with Gasteiger partial charge >= 0.3 is 6.36 Å². The number of amides is 2. The Morgan fingerprint density at radius 3 is 2.09 bits per heavy atom. The van der Waals surface area contributed by atoms with Crippen LogP contribution in [0.5, 0.6) is 5.75 Å². The quantitative estimate of drug-likeness (QED) is 0.467. The molecule has 0 radical (unpaired) electrons. The molecule has 34 heavy (non-hydrogen) atoms. The molecule has 0 unspecified atom stereocenters. The number of carbonyl (C=O) groups is 2. The van der Waals surface area contributed by atoms with Gasteiger partial charge in [0.2, 0.25) is 5.91 Å². The Morgan fingerprint density at radius 2 is 1.47 bits per heavy atom. The number of benzene rings is 3. The monoisotopic (exact) mass is 488 g/mol. The van der Waals surface area contributed by atoms with Crippen molar-refractivity contribution < 1.29 is 32.3 Å². The lowest BCUT2D eigenvalue weighted by atomic mass is 9.90. The van der Waals surface area contributed by atoms with Crippen molar-refractivity contribution in [3.8, 4) is 5.75 Å². The van der Waals surface area contributed by atoms with Crippen LogP contribution in [0.4, 0.5) is 24.5 Å². The molecule has 2 aliphatic rings. The number of anilines is 2. The Balaban J connectivity index is 1.53. The standard InChI is InChI=1S/C24H16ClF3N2O4/c25-15-8-10-16(11-9-15)29-22(31)19-20(14-6-12-18(13-7-14)33-24(26,27)28)30(34-21(19)23(29)32)17-4-2-1-3-5-17/h1-13,19-21H/t19-,20-,21+/m0/s1. The number of carbonyl (C=O) groups excluding carboxylic acids is 2. The summed E-state index contributed by atoms with van der Waals surface area (Å²) in [4.78, 5) is 33.8. The zero-order valence-electron chi connectivity index (χ0n) is 17.3. The second kappa shape index (κ2) is 8.34.